The number of rotatable bonds is 8. The van der Waals surface area contributed by atoms with Crippen LogP contribution in [0.3, 0.4) is 0 Å². The van der Waals surface area contributed by atoms with Crippen LogP contribution in [-0.4, -0.2) is 43.8 Å². The Bertz CT molecular complexity index is 144. The van der Waals surface area contributed by atoms with E-state index in [4.69, 9.17) is 10.5 Å². The fourth-order valence-electron chi connectivity index (χ4n) is 1.37. The van der Waals surface area contributed by atoms with Gasteiger partial charge in [0.25, 0.3) is 0 Å². The van der Waals surface area contributed by atoms with Crippen molar-refractivity contribution in [3.8, 4) is 0 Å². The second-order valence-electron chi connectivity index (χ2n) is 3.76. The highest BCUT2D eigenvalue weighted by atomic mass is 16.5. The molecule has 84 valence electrons. The zero-order valence-electron chi connectivity index (χ0n) is 9.70. The molecule has 0 aromatic heterocycles. The van der Waals surface area contributed by atoms with Gasteiger partial charge in [0.05, 0.1) is 6.10 Å². The minimum atomic E-state index is 0.182. The molecule has 0 heterocycles. The average molecular weight is 200 g/mol. The van der Waals surface area contributed by atoms with Gasteiger partial charge in [0, 0.05) is 32.8 Å². The van der Waals surface area contributed by atoms with E-state index in [0.29, 0.717) is 12.6 Å². The van der Waals surface area contributed by atoms with Crippen LogP contribution in [-0.2, 0) is 4.74 Å². The van der Waals surface area contributed by atoms with E-state index in [1.165, 1.54) is 0 Å². The minimum absolute atomic E-state index is 0.182. The van der Waals surface area contributed by atoms with Crippen LogP contribution >= 0.6 is 0 Å². The third-order valence-electron chi connectivity index (χ3n) is 2.43. The molecule has 0 aromatic carbocycles. The Morgan fingerprint density at radius 1 is 1.50 bits per heavy atom. The molecule has 0 aliphatic heterocycles. The summed E-state index contributed by atoms with van der Waals surface area (Å²) < 4.78 is 5.23. The molecule has 2 N–H and O–H groups in total. The first kappa shape index (κ1) is 13.6. The van der Waals surface area contributed by atoms with Crippen molar-refractivity contribution in [2.75, 3.05) is 26.7 Å². The second kappa shape index (κ2) is 7.97. The van der Waals surface area contributed by atoms with Gasteiger partial charge in [0.2, 0.25) is 0 Å². The number of hydrogen-bond acceptors (Lipinski definition) is 3. The van der Waals surface area contributed by atoms with Crippen LogP contribution in [0.4, 0.5) is 0 Å². The van der Waals surface area contributed by atoms with E-state index in [2.05, 4.69) is 25.3 Å². The van der Waals surface area contributed by atoms with Gasteiger partial charge in [-0.15, -0.1) is 6.58 Å². The van der Waals surface area contributed by atoms with Crippen LogP contribution in [0.1, 0.15) is 20.3 Å². The molecule has 14 heavy (non-hydrogen) atoms. The van der Waals surface area contributed by atoms with Gasteiger partial charge in [-0.05, 0) is 20.3 Å². The molecule has 0 fully saturated rings. The Labute approximate surface area is 87.9 Å². The lowest BCUT2D eigenvalue weighted by atomic mass is 10.2. The van der Waals surface area contributed by atoms with Crippen LogP contribution in [0.25, 0.3) is 0 Å². The van der Waals surface area contributed by atoms with Gasteiger partial charge < -0.3 is 10.5 Å². The SMILES string of the molecule is C=CCN(CCC(CN)OC)C(C)C. The molecule has 0 amide bonds. The van der Waals surface area contributed by atoms with Crippen molar-refractivity contribution in [2.45, 2.75) is 32.4 Å². The van der Waals surface area contributed by atoms with E-state index < -0.39 is 0 Å². The molecule has 3 heteroatoms. The zero-order chi connectivity index (χ0) is 11.0. The monoisotopic (exact) mass is 200 g/mol. The summed E-state index contributed by atoms with van der Waals surface area (Å²) >= 11 is 0. The molecule has 0 bridgehead atoms. The maximum absolute atomic E-state index is 5.56. The van der Waals surface area contributed by atoms with Crippen molar-refractivity contribution in [2.24, 2.45) is 5.73 Å². The standard InChI is InChI=1S/C11H24N2O/c1-5-7-13(10(2)3)8-6-11(9-12)14-4/h5,10-11H,1,6-9,12H2,2-4H3. The molecule has 0 rings (SSSR count). The molecule has 0 radical (unpaired) electrons. The summed E-state index contributed by atoms with van der Waals surface area (Å²) in [6, 6.07) is 0.545. The lowest BCUT2D eigenvalue weighted by Gasteiger charge is -2.26. The normalized spacial score (nSPS) is 13.6. The molecule has 0 saturated heterocycles. The van der Waals surface area contributed by atoms with Crippen molar-refractivity contribution in [1.29, 1.82) is 0 Å². The Kier molecular flexibility index (Phi) is 7.76. The maximum Gasteiger partial charge on any atom is 0.0705 e. The van der Waals surface area contributed by atoms with Gasteiger partial charge in [-0.25, -0.2) is 0 Å². The minimum Gasteiger partial charge on any atom is -0.380 e. The molecule has 1 unspecified atom stereocenters. The summed E-state index contributed by atoms with van der Waals surface area (Å²) in [5.74, 6) is 0. The van der Waals surface area contributed by atoms with Crippen molar-refractivity contribution in [3.63, 3.8) is 0 Å². The first-order valence-electron chi connectivity index (χ1n) is 5.23. The van der Waals surface area contributed by atoms with Gasteiger partial charge >= 0.3 is 0 Å². The van der Waals surface area contributed by atoms with Gasteiger partial charge in [0.1, 0.15) is 0 Å². The smallest absolute Gasteiger partial charge is 0.0705 e. The number of nitrogens with zero attached hydrogens (tertiary/aromatic N) is 1. The fourth-order valence-corrected chi connectivity index (χ4v) is 1.37. The van der Waals surface area contributed by atoms with E-state index in [0.717, 1.165) is 19.5 Å². The summed E-state index contributed by atoms with van der Waals surface area (Å²) in [6.07, 6.45) is 3.10. The van der Waals surface area contributed by atoms with E-state index in [-0.39, 0.29) is 6.10 Å². The molecule has 0 aliphatic rings. The summed E-state index contributed by atoms with van der Waals surface area (Å²) in [7, 11) is 1.71. The number of hydrogen-bond donors (Lipinski definition) is 1. The second-order valence-corrected chi connectivity index (χ2v) is 3.76. The summed E-state index contributed by atoms with van der Waals surface area (Å²) in [6.45, 7) is 10.7. The Balaban J connectivity index is 3.85. The number of nitrogens with two attached hydrogens (primary N) is 1. The fraction of sp³-hybridized carbons (Fsp3) is 0.818. The van der Waals surface area contributed by atoms with Crippen LogP contribution in [0.5, 0.6) is 0 Å². The summed E-state index contributed by atoms with van der Waals surface area (Å²) in [5.41, 5.74) is 5.56. The topological polar surface area (TPSA) is 38.5 Å². The summed E-state index contributed by atoms with van der Waals surface area (Å²) in [4.78, 5) is 2.36. The maximum atomic E-state index is 5.56. The predicted octanol–water partition coefficient (Wildman–Crippen LogP) is 1.25. The predicted molar refractivity (Wildman–Crippen MR) is 61.4 cm³/mol. The number of methoxy groups -OCH3 is 1. The van der Waals surface area contributed by atoms with Crippen LogP contribution in [0.2, 0.25) is 0 Å². The molecule has 0 spiro atoms. The first-order valence-corrected chi connectivity index (χ1v) is 5.23. The van der Waals surface area contributed by atoms with Crippen LogP contribution in [0.15, 0.2) is 12.7 Å². The number of ether oxygens (including phenoxy) is 1. The molecular weight excluding hydrogens is 176 g/mol. The van der Waals surface area contributed by atoms with E-state index in [9.17, 15) is 0 Å². The lowest BCUT2D eigenvalue weighted by Crippen LogP contribution is -2.35. The van der Waals surface area contributed by atoms with Crippen molar-refractivity contribution in [1.82, 2.24) is 4.90 Å². The van der Waals surface area contributed by atoms with Crippen molar-refractivity contribution in [3.05, 3.63) is 12.7 Å². The van der Waals surface area contributed by atoms with E-state index in [1.807, 2.05) is 6.08 Å². The highest BCUT2D eigenvalue weighted by Crippen LogP contribution is 2.03. The zero-order valence-corrected chi connectivity index (χ0v) is 9.70. The van der Waals surface area contributed by atoms with Gasteiger partial charge in [-0.3, -0.25) is 4.90 Å². The molecule has 3 nitrogen and oxygen atoms in total. The Morgan fingerprint density at radius 2 is 2.14 bits per heavy atom. The molecule has 0 saturated carbocycles. The molecule has 0 aliphatic carbocycles. The molecular formula is C11H24N2O. The largest absolute Gasteiger partial charge is 0.380 e. The third-order valence-corrected chi connectivity index (χ3v) is 2.43. The third kappa shape index (κ3) is 5.37. The Hall–Kier alpha value is -0.380. The van der Waals surface area contributed by atoms with Crippen LogP contribution < -0.4 is 5.73 Å². The lowest BCUT2D eigenvalue weighted by molar-refractivity contribution is 0.0867. The molecule has 1 atom stereocenters. The average Bonchev–Trinajstić information content (AvgIpc) is 2.17. The first-order chi connectivity index (χ1) is 6.65. The van der Waals surface area contributed by atoms with Gasteiger partial charge in [-0.2, -0.15) is 0 Å². The van der Waals surface area contributed by atoms with E-state index >= 15 is 0 Å². The van der Waals surface area contributed by atoms with E-state index in [1.54, 1.807) is 7.11 Å². The molecule has 0 aromatic rings. The van der Waals surface area contributed by atoms with Gasteiger partial charge in [0.15, 0.2) is 0 Å². The highest BCUT2D eigenvalue weighted by Gasteiger charge is 2.10. The van der Waals surface area contributed by atoms with Crippen molar-refractivity contribution < 1.29 is 4.74 Å². The van der Waals surface area contributed by atoms with Crippen molar-refractivity contribution >= 4 is 0 Å². The summed E-state index contributed by atoms with van der Waals surface area (Å²) in [5, 5.41) is 0. The highest BCUT2D eigenvalue weighted by molar-refractivity contribution is 4.76. The van der Waals surface area contributed by atoms with Crippen LogP contribution in [0, 0.1) is 0 Å². The Morgan fingerprint density at radius 3 is 2.50 bits per heavy atom. The quantitative estimate of drug-likeness (QED) is 0.599. The van der Waals surface area contributed by atoms with Gasteiger partial charge in [-0.1, -0.05) is 6.08 Å².